The van der Waals surface area contributed by atoms with Crippen molar-refractivity contribution in [1.82, 2.24) is 0 Å². The summed E-state index contributed by atoms with van der Waals surface area (Å²) in [6.45, 7) is 7.42. The molecule has 0 fully saturated rings. The largest absolute Gasteiger partial charge is 0.390 e. The lowest BCUT2D eigenvalue weighted by Gasteiger charge is -2.30. The van der Waals surface area contributed by atoms with E-state index < -0.39 is 6.10 Å². The number of carbonyl (C=O) groups excluding carboxylic acids is 1. The van der Waals surface area contributed by atoms with Crippen LogP contribution < -0.4 is 5.32 Å². The van der Waals surface area contributed by atoms with Crippen molar-refractivity contribution in [1.29, 1.82) is 0 Å². The van der Waals surface area contributed by atoms with Crippen molar-refractivity contribution in [3.8, 4) is 0 Å². The lowest BCUT2D eigenvalue weighted by Crippen LogP contribution is -2.96. The van der Waals surface area contributed by atoms with E-state index in [1.54, 1.807) is 35.7 Å². The van der Waals surface area contributed by atoms with Crippen molar-refractivity contribution < 1.29 is 20.3 Å². The lowest BCUT2D eigenvalue weighted by atomic mass is 9.79. The number of nitrogens with two attached hydrogens (primary N) is 1. The quantitative estimate of drug-likeness (QED) is 0.438. The highest BCUT2D eigenvalue weighted by molar-refractivity contribution is 6.31. The summed E-state index contributed by atoms with van der Waals surface area (Å²) in [5.74, 6) is -0.886. The van der Waals surface area contributed by atoms with Gasteiger partial charge in [-0.3, -0.25) is 5.32 Å². The molecule has 0 aromatic heterocycles. The van der Waals surface area contributed by atoms with Crippen LogP contribution in [0.1, 0.15) is 38.2 Å². The summed E-state index contributed by atoms with van der Waals surface area (Å²) >= 11 is 12.4. The molecule has 1 unspecified atom stereocenters. The van der Waals surface area contributed by atoms with Crippen LogP contribution in [-0.4, -0.2) is 34.9 Å². The Morgan fingerprint density at radius 1 is 1.39 bits per heavy atom. The van der Waals surface area contributed by atoms with E-state index in [1.807, 2.05) is 38.1 Å². The Hall–Kier alpha value is -1.69. The topological polar surface area (TPSA) is 74.1 Å². The van der Waals surface area contributed by atoms with Gasteiger partial charge >= 0.3 is 5.91 Å². The highest BCUT2D eigenvalue weighted by atomic mass is 35.5. The zero-order valence-corrected chi connectivity index (χ0v) is 19.6. The Morgan fingerprint density at radius 3 is 2.74 bits per heavy atom. The molecule has 6 heteroatoms. The second-order valence-corrected chi connectivity index (χ2v) is 8.88. The first-order chi connectivity index (χ1) is 14.8. The zero-order valence-electron chi connectivity index (χ0n) is 18.0. The number of hydrogen-bond acceptors (Lipinski definition) is 3. The molecule has 1 aliphatic heterocycles. The van der Waals surface area contributed by atoms with Gasteiger partial charge in [0.15, 0.2) is 0 Å². The van der Waals surface area contributed by atoms with E-state index in [0.717, 1.165) is 5.56 Å². The lowest BCUT2D eigenvalue weighted by molar-refractivity contribution is -0.616. The van der Waals surface area contributed by atoms with Gasteiger partial charge in [0.05, 0.1) is 18.6 Å². The number of benzene rings is 1. The number of halogens is 2. The first kappa shape index (κ1) is 25.6. The van der Waals surface area contributed by atoms with E-state index in [0.29, 0.717) is 28.5 Å². The minimum absolute atomic E-state index is 0.0330. The van der Waals surface area contributed by atoms with Crippen LogP contribution >= 0.6 is 23.2 Å². The normalized spacial score (nSPS) is 30.1. The van der Waals surface area contributed by atoms with Gasteiger partial charge in [0.1, 0.15) is 6.04 Å². The van der Waals surface area contributed by atoms with E-state index in [1.165, 1.54) is 0 Å². The minimum Gasteiger partial charge on any atom is -0.390 e. The molecule has 0 radical (unpaired) electrons. The highest BCUT2D eigenvalue weighted by Crippen LogP contribution is 2.34. The zero-order chi connectivity index (χ0) is 23.0. The third-order valence-corrected chi connectivity index (χ3v) is 6.40. The second kappa shape index (κ2) is 12.4. The van der Waals surface area contributed by atoms with Gasteiger partial charge < -0.3 is 10.2 Å². The van der Waals surface area contributed by atoms with Gasteiger partial charge in [-0.05, 0) is 49.1 Å². The number of amides is 1. The maximum absolute atomic E-state index is 13.0. The van der Waals surface area contributed by atoms with Crippen molar-refractivity contribution in [3.05, 3.63) is 82.4 Å². The van der Waals surface area contributed by atoms with Crippen LogP contribution in [0.15, 0.2) is 71.8 Å². The van der Waals surface area contributed by atoms with Gasteiger partial charge in [-0.1, -0.05) is 66.6 Å². The summed E-state index contributed by atoms with van der Waals surface area (Å²) in [6, 6.07) is 7.05. The Balaban J connectivity index is 2.61. The first-order valence-electron chi connectivity index (χ1n) is 10.6. The van der Waals surface area contributed by atoms with E-state index in [-0.39, 0.29) is 36.3 Å². The Kier molecular flexibility index (Phi) is 10.2. The van der Waals surface area contributed by atoms with Crippen LogP contribution in [0.5, 0.6) is 0 Å². The Morgan fingerprint density at radius 2 is 2.13 bits per heavy atom. The predicted octanol–water partition coefficient (Wildman–Crippen LogP) is 4.09. The summed E-state index contributed by atoms with van der Waals surface area (Å²) in [6.07, 6.45) is 9.00. The number of primary amides is 1. The molecule has 0 aliphatic carbocycles. The molecule has 0 saturated heterocycles. The van der Waals surface area contributed by atoms with Gasteiger partial charge in [-0.2, -0.15) is 0 Å². The van der Waals surface area contributed by atoms with Crippen molar-refractivity contribution in [2.45, 2.75) is 44.8 Å². The number of carbonyl (C=O) groups is 1. The van der Waals surface area contributed by atoms with Gasteiger partial charge in [-0.15, -0.1) is 6.58 Å². The molecule has 0 saturated carbocycles. The summed E-state index contributed by atoms with van der Waals surface area (Å²) in [4.78, 5) is 13.0. The van der Waals surface area contributed by atoms with Crippen molar-refractivity contribution >= 4 is 29.1 Å². The van der Waals surface area contributed by atoms with E-state index in [4.69, 9.17) is 23.2 Å². The summed E-state index contributed by atoms with van der Waals surface area (Å²) < 4.78 is 0. The third kappa shape index (κ3) is 7.16. The van der Waals surface area contributed by atoms with Crippen LogP contribution in [0.25, 0.3) is 0 Å². The number of aliphatic hydroxyl groups is 2. The smallest absolute Gasteiger partial charge is 0.314 e. The molecule has 1 aliphatic rings. The summed E-state index contributed by atoms with van der Waals surface area (Å²) in [5, 5.41) is 24.1. The van der Waals surface area contributed by atoms with Crippen LogP contribution in [-0.2, 0) is 4.79 Å². The molecular weight excluding hydrogens is 433 g/mol. The van der Waals surface area contributed by atoms with Crippen LogP contribution in [0.2, 0.25) is 5.02 Å². The van der Waals surface area contributed by atoms with Crippen LogP contribution in [0.4, 0.5) is 0 Å². The monoisotopic (exact) mass is 464 g/mol. The number of allylic oxidation sites excluding steroid dienone is 4. The van der Waals surface area contributed by atoms with Crippen LogP contribution in [0, 0.1) is 11.8 Å². The Bertz CT molecular complexity index is 862. The SMILES string of the molecule is C=CC[C@H]1C[C@H](c2cccc(Cl)c2)[C@@H](O)C(/C=C\C(Cl)=C/C)=C\C(C)[C@@H](CO)[NH2+]C1=O. The van der Waals surface area contributed by atoms with Gasteiger partial charge in [0.2, 0.25) is 0 Å². The molecule has 1 aromatic rings. The number of hydrogen-bond donors (Lipinski definition) is 3. The fourth-order valence-corrected chi connectivity index (χ4v) is 4.18. The van der Waals surface area contributed by atoms with E-state index in [9.17, 15) is 15.0 Å². The molecule has 1 aromatic carbocycles. The second-order valence-electron chi connectivity index (χ2n) is 8.01. The average Bonchev–Trinajstić information content (AvgIpc) is 2.76. The molecular formula is C25H32Cl2NO3+. The molecule has 1 heterocycles. The standard InChI is InChI=1S/C25H31Cl2NO3/c1-4-7-19-14-22(17-8-6-9-21(27)13-17)24(30)18(10-11-20(26)5-2)12-16(3)23(15-29)28-25(19)31/h4-6,8-13,16,19,22-24,29-30H,1,7,14-15H2,2-3H3,(H,28,31)/p+1/b11-10-,18-12-,20-5+/t16?,19-,22+,23+,24-/m0/s1. The average molecular weight is 465 g/mol. The predicted molar refractivity (Wildman–Crippen MR) is 127 cm³/mol. The van der Waals surface area contributed by atoms with Crippen molar-refractivity contribution in [2.24, 2.45) is 11.8 Å². The number of quaternary nitrogens is 1. The van der Waals surface area contributed by atoms with Gasteiger partial charge in [-0.25, -0.2) is 4.79 Å². The fourth-order valence-electron chi connectivity index (χ4n) is 3.92. The van der Waals surface area contributed by atoms with E-state index >= 15 is 0 Å². The van der Waals surface area contributed by atoms with Crippen molar-refractivity contribution in [3.63, 3.8) is 0 Å². The molecule has 0 spiro atoms. The maximum Gasteiger partial charge on any atom is 0.314 e. The Labute approximate surface area is 195 Å². The molecule has 5 atom stereocenters. The molecule has 0 bridgehead atoms. The fraction of sp³-hybridized carbons (Fsp3) is 0.400. The molecule has 31 heavy (non-hydrogen) atoms. The first-order valence-corrected chi connectivity index (χ1v) is 11.3. The molecule has 4 nitrogen and oxygen atoms in total. The molecule has 1 amide bonds. The van der Waals surface area contributed by atoms with E-state index in [2.05, 4.69) is 6.58 Å². The number of rotatable bonds is 6. The minimum atomic E-state index is -0.879. The summed E-state index contributed by atoms with van der Waals surface area (Å²) in [5.41, 5.74) is 1.56. The summed E-state index contributed by atoms with van der Waals surface area (Å²) in [7, 11) is 0. The van der Waals surface area contributed by atoms with Crippen LogP contribution in [0.3, 0.4) is 0 Å². The molecule has 2 rings (SSSR count). The molecule has 4 N–H and O–H groups in total. The van der Waals surface area contributed by atoms with Gasteiger partial charge in [0.25, 0.3) is 0 Å². The maximum atomic E-state index is 13.0. The third-order valence-electron chi connectivity index (χ3n) is 5.82. The number of aliphatic hydroxyl groups excluding tert-OH is 2. The van der Waals surface area contributed by atoms with Crippen molar-refractivity contribution in [2.75, 3.05) is 6.61 Å². The molecule has 168 valence electrons. The van der Waals surface area contributed by atoms with Gasteiger partial charge in [0, 0.05) is 21.9 Å². The highest BCUT2D eigenvalue weighted by Gasteiger charge is 2.35.